The van der Waals surface area contributed by atoms with E-state index in [1.54, 1.807) is 0 Å². The minimum Gasteiger partial charge on any atom is -0.493 e. The summed E-state index contributed by atoms with van der Waals surface area (Å²) in [6.45, 7) is 3.52. The van der Waals surface area contributed by atoms with Gasteiger partial charge in [-0.3, -0.25) is 4.79 Å². The van der Waals surface area contributed by atoms with Crippen molar-refractivity contribution in [3.05, 3.63) is 65.0 Å². The van der Waals surface area contributed by atoms with Gasteiger partial charge in [0.05, 0.1) is 19.8 Å². The van der Waals surface area contributed by atoms with Crippen LogP contribution in [0.1, 0.15) is 62.7 Å². The van der Waals surface area contributed by atoms with Crippen LogP contribution in [0.15, 0.2) is 35.2 Å². The SMILES string of the molecule is CCCCOC(=O)c1ccc(N(CC2CC3C=CC2C3)C(=O)CN(C)S(=O)(=O)c2c(F)c(F)c(F)c(F)c2F)cc1OCCCC. The number of nitrogens with zero attached hydrogens (tertiary/aromatic N) is 2. The molecule has 2 bridgehead atoms. The molecule has 0 radical (unpaired) electrons. The average molecular weight is 673 g/mol. The summed E-state index contributed by atoms with van der Waals surface area (Å²) in [5.74, 6) is -13.2. The number of hydrogen-bond donors (Lipinski definition) is 0. The zero-order chi connectivity index (χ0) is 33.8. The Morgan fingerprint density at radius 3 is 2.11 bits per heavy atom. The quantitative estimate of drug-likeness (QED) is 0.0545. The van der Waals surface area contributed by atoms with Crippen LogP contribution in [0.5, 0.6) is 5.75 Å². The monoisotopic (exact) mass is 672 g/mol. The van der Waals surface area contributed by atoms with Gasteiger partial charge in [0.1, 0.15) is 11.3 Å². The van der Waals surface area contributed by atoms with E-state index >= 15 is 0 Å². The highest BCUT2D eigenvalue weighted by Crippen LogP contribution is 2.44. The number of ether oxygens (including phenoxy) is 2. The van der Waals surface area contributed by atoms with E-state index in [2.05, 4.69) is 12.2 Å². The van der Waals surface area contributed by atoms with E-state index < -0.39 is 62.4 Å². The number of fused-ring (bicyclic) bond motifs is 2. The molecular weight excluding hydrogens is 635 g/mol. The van der Waals surface area contributed by atoms with Gasteiger partial charge < -0.3 is 14.4 Å². The normalized spacial score (nSPS) is 18.8. The molecule has 0 aliphatic heterocycles. The summed E-state index contributed by atoms with van der Waals surface area (Å²) in [6.07, 6.45) is 8.80. The fourth-order valence-corrected chi connectivity index (χ4v) is 6.92. The fraction of sp³-hybridized carbons (Fsp3) is 0.500. The van der Waals surface area contributed by atoms with Crippen LogP contribution < -0.4 is 9.64 Å². The number of unbranched alkanes of at least 4 members (excludes halogenated alkanes) is 2. The fourth-order valence-electron chi connectivity index (χ4n) is 5.70. The van der Waals surface area contributed by atoms with Crippen LogP contribution in [-0.2, 0) is 19.6 Å². The summed E-state index contributed by atoms with van der Waals surface area (Å²) in [4.78, 5) is 25.9. The number of anilines is 1. The number of benzene rings is 2. The molecule has 46 heavy (non-hydrogen) atoms. The Balaban J connectivity index is 1.68. The van der Waals surface area contributed by atoms with E-state index in [1.165, 1.54) is 23.1 Å². The van der Waals surface area contributed by atoms with E-state index in [9.17, 15) is 40.0 Å². The van der Waals surface area contributed by atoms with Gasteiger partial charge in [-0.25, -0.2) is 35.2 Å². The van der Waals surface area contributed by atoms with E-state index in [4.69, 9.17) is 9.47 Å². The minimum atomic E-state index is -5.37. The van der Waals surface area contributed by atoms with Gasteiger partial charge >= 0.3 is 5.97 Å². The van der Waals surface area contributed by atoms with Gasteiger partial charge in [0.15, 0.2) is 28.2 Å². The number of hydrogen-bond acceptors (Lipinski definition) is 6. The minimum absolute atomic E-state index is 0.000752. The highest BCUT2D eigenvalue weighted by molar-refractivity contribution is 7.89. The molecule has 14 heteroatoms. The largest absolute Gasteiger partial charge is 0.493 e. The molecule has 2 aliphatic carbocycles. The van der Waals surface area contributed by atoms with Crippen LogP contribution >= 0.6 is 0 Å². The van der Waals surface area contributed by atoms with Gasteiger partial charge in [-0.05, 0) is 55.6 Å². The van der Waals surface area contributed by atoms with Crippen molar-refractivity contribution < 1.29 is 49.4 Å². The first-order valence-electron chi connectivity index (χ1n) is 15.2. The molecule has 1 fully saturated rings. The third-order valence-corrected chi connectivity index (χ3v) is 10.1. The molecule has 0 N–H and O–H groups in total. The summed E-state index contributed by atoms with van der Waals surface area (Å²) < 4.78 is 108. The molecule has 8 nitrogen and oxygen atoms in total. The van der Waals surface area contributed by atoms with Crippen LogP contribution in [0, 0.1) is 46.8 Å². The van der Waals surface area contributed by atoms with Crippen LogP contribution in [0.2, 0.25) is 0 Å². The molecule has 252 valence electrons. The molecule has 3 unspecified atom stereocenters. The van der Waals surface area contributed by atoms with Crippen LogP contribution in [0.4, 0.5) is 27.6 Å². The first kappa shape index (κ1) is 35.3. The zero-order valence-electron chi connectivity index (χ0n) is 25.8. The van der Waals surface area contributed by atoms with Crippen LogP contribution in [-0.4, -0.2) is 58.0 Å². The third kappa shape index (κ3) is 7.38. The summed E-state index contributed by atoms with van der Waals surface area (Å²) in [6, 6.07) is 4.41. The standard InChI is InChI=1S/C32H37F5N2O6S/c1-4-6-12-44-24-16-22(10-11-23(24)32(41)45-13-7-5-2)39(17-21-15-19-8-9-20(21)14-19)25(40)18-38(3)46(42,43)31-29(36)27(34)26(33)28(35)30(31)37/h8-11,16,19-21H,4-7,12-15,17-18H2,1-3H3. The van der Waals surface area contributed by atoms with Crippen molar-refractivity contribution >= 4 is 27.6 Å². The van der Waals surface area contributed by atoms with Crippen molar-refractivity contribution in [2.24, 2.45) is 17.8 Å². The van der Waals surface area contributed by atoms with Crippen molar-refractivity contribution in [3.63, 3.8) is 0 Å². The van der Waals surface area contributed by atoms with Gasteiger partial charge in [-0.15, -0.1) is 0 Å². The second-order valence-corrected chi connectivity index (χ2v) is 13.6. The maximum atomic E-state index is 14.5. The van der Waals surface area contributed by atoms with Crippen molar-refractivity contribution in [2.75, 3.05) is 38.3 Å². The lowest BCUT2D eigenvalue weighted by Gasteiger charge is -2.30. The predicted octanol–water partition coefficient (Wildman–Crippen LogP) is 6.38. The van der Waals surface area contributed by atoms with Gasteiger partial charge in [-0.2, -0.15) is 4.31 Å². The van der Waals surface area contributed by atoms with Crippen LogP contribution in [0.25, 0.3) is 0 Å². The Morgan fingerprint density at radius 1 is 0.891 bits per heavy atom. The molecule has 0 heterocycles. The molecule has 2 aliphatic rings. The molecule has 3 atom stereocenters. The summed E-state index contributed by atoms with van der Waals surface area (Å²) in [5.41, 5.74) is 0.396. The van der Waals surface area contributed by atoms with Gasteiger partial charge in [-0.1, -0.05) is 38.8 Å². The number of allylic oxidation sites excluding steroid dienone is 2. The summed E-state index contributed by atoms with van der Waals surface area (Å²) in [5, 5.41) is 0. The van der Waals surface area contributed by atoms with Gasteiger partial charge in [0, 0.05) is 25.3 Å². The number of carbonyl (C=O) groups is 2. The third-order valence-electron chi connectivity index (χ3n) is 8.31. The highest BCUT2D eigenvalue weighted by Gasteiger charge is 2.40. The maximum Gasteiger partial charge on any atom is 0.341 e. The second kappa shape index (κ2) is 14.9. The average Bonchev–Trinajstić information content (AvgIpc) is 3.65. The first-order chi connectivity index (χ1) is 21.8. The Labute approximate surface area is 265 Å². The van der Waals surface area contributed by atoms with Crippen molar-refractivity contribution in [1.29, 1.82) is 0 Å². The lowest BCUT2D eigenvalue weighted by atomic mass is 9.93. The molecule has 0 spiro atoms. The van der Waals surface area contributed by atoms with E-state index in [0.29, 0.717) is 18.8 Å². The molecule has 0 aromatic heterocycles. The molecular formula is C32H37F5N2O6S. The highest BCUT2D eigenvalue weighted by atomic mass is 32.2. The zero-order valence-corrected chi connectivity index (χ0v) is 26.6. The molecule has 2 aromatic carbocycles. The van der Waals surface area contributed by atoms with E-state index in [-0.39, 0.29) is 52.9 Å². The Kier molecular flexibility index (Phi) is 11.5. The Morgan fingerprint density at radius 2 is 1.52 bits per heavy atom. The topological polar surface area (TPSA) is 93.2 Å². The van der Waals surface area contributed by atoms with E-state index in [1.807, 2.05) is 13.8 Å². The van der Waals surface area contributed by atoms with Gasteiger partial charge in [0.25, 0.3) is 0 Å². The maximum absolute atomic E-state index is 14.5. The number of amides is 1. The number of sulfonamides is 1. The van der Waals surface area contributed by atoms with Crippen molar-refractivity contribution in [3.8, 4) is 5.75 Å². The van der Waals surface area contributed by atoms with E-state index in [0.717, 1.165) is 32.7 Å². The predicted molar refractivity (Wildman–Crippen MR) is 159 cm³/mol. The lowest BCUT2D eigenvalue weighted by molar-refractivity contribution is -0.118. The number of rotatable bonds is 15. The Hall–Kier alpha value is -3.52. The Bertz CT molecular complexity index is 1570. The summed E-state index contributed by atoms with van der Waals surface area (Å²) in [7, 11) is -4.56. The van der Waals surface area contributed by atoms with Gasteiger partial charge in [0.2, 0.25) is 21.7 Å². The first-order valence-corrected chi connectivity index (χ1v) is 16.7. The smallest absolute Gasteiger partial charge is 0.341 e. The number of halogens is 5. The van der Waals surface area contributed by atoms with Crippen molar-refractivity contribution in [1.82, 2.24) is 4.31 Å². The number of likely N-dealkylation sites (N-methyl/N-ethyl adjacent to an activating group) is 1. The molecule has 1 amide bonds. The lowest BCUT2D eigenvalue weighted by Crippen LogP contribution is -2.44. The molecule has 1 saturated carbocycles. The molecule has 2 aromatic rings. The number of esters is 1. The second-order valence-electron chi connectivity index (χ2n) is 11.6. The van der Waals surface area contributed by atoms with Crippen LogP contribution in [0.3, 0.4) is 0 Å². The summed E-state index contributed by atoms with van der Waals surface area (Å²) >= 11 is 0. The van der Waals surface area contributed by atoms with Crippen molar-refractivity contribution in [2.45, 2.75) is 57.3 Å². The molecule has 4 rings (SSSR count). The number of carbonyl (C=O) groups excluding carboxylic acids is 2. The molecule has 0 saturated heterocycles.